The van der Waals surface area contributed by atoms with Crippen molar-refractivity contribution in [2.75, 3.05) is 16.4 Å². The van der Waals surface area contributed by atoms with Crippen molar-refractivity contribution in [2.24, 2.45) is 0 Å². The number of para-hydroxylation sites is 1. The van der Waals surface area contributed by atoms with E-state index in [0.717, 1.165) is 31.0 Å². The first-order chi connectivity index (χ1) is 18.0. The zero-order chi connectivity index (χ0) is 27.9. The quantitative estimate of drug-likeness (QED) is 0.117. The molecule has 200 valence electrons. The number of amides is 2. The first-order valence-corrected chi connectivity index (χ1v) is 13.1. The van der Waals surface area contributed by atoms with Crippen molar-refractivity contribution < 1.29 is 27.3 Å². The summed E-state index contributed by atoms with van der Waals surface area (Å²) in [5.74, 6) is -2.06. The average molecular weight is 544 g/mol. The van der Waals surface area contributed by atoms with Gasteiger partial charge in [0.1, 0.15) is 16.4 Å². The second kappa shape index (κ2) is 12.1. The molecule has 0 fully saturated rings. The Balaban J connectivity index is 1.84. The van der Waals surface area contributed by atoms with E-state index in [1.54, 1.807) is 0 Å². The second-order valence-corrected chi connectivity index (χ2v) is 9.93. The minimum absolute atomic E-state index is 0.00128. The molecule has 0 spiro atoms. The number of nitrogens with two attached hydrogens (primary N) is 1. The molecule has 3 aromatic carbocycles. The van der Waals surface area contributed by atoms with Crippen LogP contribution in [-0.4, -0.2) is 25.2 Å². The maximum atomic E-state index is 13.3. The molecular formula is C25H26FN5O6S. The summed E-state index contributed by atoms with van der Waals surface area (Å²) in [5, 5.41) is 16.9. The molecule has 0 saturated carbocycles. The predicted molar refractivity (Wildman–Crippen MR) is 141 cm³/mol. The van der Waals surface area contributed by atoms with Crippen LogP contribution in [0, 0.1) is 15.9 Å². The lowest BCUT2D eigenvalue weighted by atomic mass is 10.1. The van der Waals surface area contributed by atoms with E-state index in [1.165, 1.54) is 42.5 Å². The van der Waals surface area contributed by atoms with Crippen LogP contribution in [0.15, 0.2) is 65.6 Å². The number of nitrogens with one attached hydrogen (secondary N) is 3. The summed E-state index contributed by atoms with van der Waals surface area (Å²) in [6, 6.07) is 12.5. The van der Waals surface area contributed by atoms with Crippen molar-refractivity contribution in [3.63, 3.8) is 0 Å². The molecule has 0 aromatic heterocycles. The maximum Gasteiger partial charge on any atom is 0.293 e. The molecule has 0 bridgehead atoms. The molecule has 0 aliphatic rings. The van der Waals surface area contributed by atoms with Crippen LogP contribution < -0.4 is 21.1 Å². The third-order valence-electron chi connectivity index (χ3n) is 5.42. The van der Waals surface area contributed by atoms with Crippen LogP contribution in [0.5, 0.6) is 0 Å². The van der Waals surface area contributed by atoms with Gasteiger partial charge in [0.05, 0.1) is 22.0 Å². The zero-order valence-electron chi connectivity index (χ0n) is 20.4. The van der Waals surface area contributed by atoms with Gasteiger partial charge in [-0.3, -0.25) is 19.7 Å². The van der Waals surface area contributed by atoms with Crippen molar-refractivity contribution in [2.45, 2.75) is 37.5 Å². The van der Waals surface area contributed by atoms with E-state index in [4.69, 9.17) is 5.73 Å². The van der Waals surface area contributed by atoms with E-state index in [9.17, 15) is 32.5 Å². The molecular weight excluding hydrogens is 517 g/mol. The molecule has 0 atom stereocenters. The first kappa shape index (κ1) is 28.1. The van der Waals surface area contributed by atoms with E-state index in [1.807, 2.05) is 11.6 Å². The molecule has 0 aliphatic carbocycles. The van der Waals surface area contributed by atoms with E-state index in [2.05, 4.69) is 10.6 Å². The Morgan fingerprint density at radius 3 is 2.39 bits per heavy atom. The number of hydrogen-bond acceptors (Lipinski definition) is 8. The Morgan fingerprint density at radius 2 is 1.71 bits per heavy atom. The Bertz CT molecular complexity index is 1480. The summed E-state index contributed by atoms with van der Waals surface area (Å²) >= 11 is 0. The van der Waals surface area contributed by atoms with Gasteiger partial charge >= 0.3 is 0 Å². The molecule has 0 radical (unpaired) electrons. The minimum atomic E-state index is -4.30. The molecule has 3 rings (SSSR count). The number of sulfonamides is 1. The Labute approximate surface area is 218 Å². The highest BCUT2D eigenvalue weighted by molar-refractivity contribution is 7.90. The number of anilines is 4. The van der Waals surface area contributed by atoms with Gasteiger partial charge in [-0.05, 0) is 48.9 Å². The van der Waals surface area contributed by atoms with Crippen LogP contribution in [0.4, 0.5) is 32.8 Å². The summed E-state index contributed by atoms with van der Waals surface area (Å²) in [4.78, 5) is 35.7. The average Bonchev–Trinajstić information content (AvgIpc) is 2.86. The predicted octanol–water partition coefficient (Wildman–Crippen LogP) is 4.70. The lowest BCUT2D eigenvalue weighted by Gasteiger charge is -2.13. The van der Waals surface area contributed by atoms with Gasteiger partial charge in [-0.2, -0.15) is 0 Å². The molecule has 0 unspecified atom stereocenters. The molecule has 3 aromatic rings. The second-order valence-electron chi connectivity index (χ2n) is 8.28. The minimum Gasteiger partial charge on any atom is -0.397 e. The monoisotopic (exact) mass is 543 g/mol. The first-order valence-electron chi connectivity index (χ1n) is 11.6. The Morgan fingerprint density at radius 1 is 1.00 bits per heavy atom. The number of benzene rings is 3. The van der Waals surface area contributed by atoms with Crippen LogP contribution in [0.3, 0.4) is 0 Å². The van der Waals surface area contributed by atoms with Gasteiger partial charge in [-0.15, -0.1) is 0 Å². The van der Waals surface area contributed by atoms with Gasteiger partial charge in [-0.25, -0.2) is 17.5 Å². The Kier molecular flexibility index (Phi) is 8.97. The molecule has 0 saturated heterocycles. The number of carbonyl (C=O) groups excluding carboxylic acids is 2. The molecule has 11 nitrogen and oxygen atoms in total. The number of unbranched alkanes of at least 4 members (excludes halogenated alkanes) is 2. The van der Waals surface area contributed by atoms with Gasteiger partial charge in [0, 0.05) is 18.1 Å². The van der Waals surface area contributed by atoms with Gasteiger partial charge < -0.3 is 16.4 Å². The van der Waals surface area contributed by atoms with Crippen molar-refractivity contribution in [1.82, 2.24) is 4.72 Å². The summed E-state index contributed by atoms with van der Waals surface area (Å²) in [7, 11) is -4.30. The van der Waals surface area contributed by atoms with Gasteiger partial charge in [-0.1, -0.05) is 31.9 Å². The summed E-state index contributed by atoms with van der Waals surface area (Å²) in [6.07, 6.45) is 2.21. The molecule has 38 heavy (non-hydrogen) atoms. The third-order valence-corrected chi connectivity index (χ3v) is 6.85. The fourth-order valence-corrected chi connectivity index (χ4v) is 4.69. The van der Waals surface area contributed by atoms with E-state index >= 15 is 0 Å². The summed E-state index contributed by atoms with van der Waals surface area (Å²) in [6.45, 7) is 1.95. The van der Waals surface area contributed by atoms with E-state index < -0.39 is 38.3 Å². The summed E-state index contributed by atoms with van der Waals surface area (Å²) in [5.41, 5.74) is 5.28. The molecule has 2 amide bonds. The third kappa shape index (κ3) is 7.03. The van der Waals surface area contributed by atoms with Crippen molar-refractivity contribution >= 4 is 50.3 Å². The fourth-order valence-electron chi connectivity index (χ4n) is 3.51. The van der Waals surface area contributed by atoms with Crippen LogP contribution in [0.2, 0.25) is 0 Å². The normalized spacial score (nSPS) is 11.0. The largest absolute Gasteiger partial charge is 0.397 e. The molecule has 5 N–H and O–H groups in total. The molecule has 0 heterocycles. The number of nitrogens with zero attached hydrogens (tertiary/aromatic N) is 1. The standard InChI is InChI=1S/C25H26FN5O6S/c1-2-3-4-9-24(32)30-38(36,37)23-8-6-5-7-21(23)29-25(33)16-10-12-20(22(14-16)31(34)35)28-19-13-11-17(26)15-18(19)27/h5-8,10-15,28H,2-4,9,27H2,1H3,(H,29,33)(H,30,32). The zero-order valence-corrected chi connectivity index (χ0v) is 21.2. The van der Waals surface area contributed by atoms with Gasteiger partial charge in [0.15, 0.2) is 0 Å². The number of hydrogen-bond donors (Lipinski definition) is 4. The van der Waals surface area contributed by atoms with Crippen molar-refractivity contribution in [3.05, 3.63) is 82.2 Å². The van der Waals surface area contributed by atoms with E-state index in [-0.39, 0.29) is 39.6 Å². The van der Waals surface area contributed by atoms with Gasteiger partial charge in [0.2, 0.25) is 5.91 Å². The van der Waals surface area contributed by atoms with Crippen molar-refractivity contribution in [3.8, 4) is 0 Å². The fraction of sp³-hybridized carbons (Fsp3) is 0.200. The number of nitrogen functional groups attached to an aromatic ring is 1. The van der Waals surface area contributed by atoms with Crippen LogP contribution in [0.1, 0.15) is 43.0 Å². The van der Waals surface area contributed by atoms with Crippen LogP contribution >= 0.6 is 0 Å². The smallest absolute Gasteiger partial charge is 0.293 e. The maximum absolute atomic E-state index is 13.3. The molecule has 0 aliphatic heterocycles. The topological polar surface area (TPSA) is 174 Å². The highest BCUT2D eigenvalue weighted by atomic mass is 32.2. The summed E-state index contributed by atoms with van der Waals surface area (Å²) < 4.78 is 40.9. The Hall–Kier alpha value is -4.52. The van der Waals surface area contributed by atoms with E-state index in [0.29, 0.717) is 6.42 Å². The lowest BCUT2D eigenvalue weighted by molar-refractivity contribution is -0.383. The SMILES string of the molecule is CCCCCC(=O)NS(=O)(=O)c1ccccc1NC(=O)c1ccc(Nc2ccc(F)cc2N)c([N+](=O)[O-])c1. The number of carbonyl (C=O) groups is 2. The number of rotatable bonds is 11. The highest BCUT2D eigenvalue weighted by Crippen LogP contribution is 2.32. The van der Waals surface area contributed by atoms with Gasteiger partial charge in [0.25, 0.3) is 21.6 Å². The van der Waals surface area contributed by atoms with Crippen LogP contribution in [0.25, 0.3) is 0 Å². The van der Waals surface area contributed by atoms with Crippen molar-refractivity contribution in [1.29, 1.82) is 0 Å². The highest BCUT2D eigenvalue weighted by Gasteiger charge is 2.23. The number of halogens is 1. The van der Waals surface area contributed by atoms with Crippen LogP contribution in [-0.2, 0) is 14.8 Å². The number of nitro benzene ring substituents is 1. The molecule has 13 heteroatoms. The number of nitro groups is 1. The lowest BCUT2D eigenvalue weighted by Crippen LogP contribution is -2.31.